The molecule has 1 nitrogen and oxygen atoms in total. The maximum absolute atomic E-state index is 6.16. The Hall–Kier alpha value is 0.170. The van der Waals surface area contributed by atoms with Gasteiger partial charge in [-0.15, -0.1) is 0 Å². The summed E-state index contributed by atoms with van der Waals surface area (Å²) in [5.74, 6) is 2.54. The summed E-state index contributed by atoms with van der Waals surface area (Å²) in [5.41, 5.74) is 1.33. The van der Waals surface area contributed by atoms with Crippen LogP contribution in [0.3, 0.4) is 0 Å². The zero-order valence-electron chi connectivity index (χ0n) is 11.6. The third-order valence-corrected chi connectivity index (χ3v) is 7.04. The summed E-state index contributed by atoms with van der Waals surface area (Å²) in [5, 5.41) is 5.88. The van der Waals surface area contributed by atoms with Crippen molar-refractivity contribution in [1.82, 2.24) is 5.32 Å². The van der Waals surface area contributed by atoms with E-state index in [1.165, 1.54) is 23.5 Å². The van der Waals surface area contributed by atoms with Crippen LogP contribution in [0.25, 0.3) is 0 Å². The maximum Gasteiger partial charge on any atom is 0.0451 e. The largest absolute Gasteiger partial charge is 0.309 e. The van der Waals surface area contributed by atoms with Crippen LogP contribution in [0, 0.1) is 0 Å². The van der Waals surface area contributed by atoms with Gasteiger partial charge in [-0.05, 0) is 30.7 Å². The highest BCUT2D eigenvalue weighted by Crippen LogP contribution is 2.40. The lowest BCUT2D eigenvalue weighted by Crippen LogP contribution is -2.38. The first-order valence-corrected chi connectivity index (χ1v) is 9.45. The van der Waals surface area contributed by atoms with Crippen molar-refractivity contribution in [3.63, 3.8) is 0 Å². The standard InChI is InChI=1S/C15H22ClNS2/c1-3-13-15(19-9-8-18-13)14(17-4-2)11-6-5-7-12(16)10-11/h5-7,10,13-15,17H,3-4,8-9H2,1-2H3. The molecule has 1 heterocycles. The van der Waals surface area contributed by atoms with Crippen LogP contribution in [0.15, 0.2) is 24.3 Å². The van der Waals surface area contributed by atoms with Gasteiger partial charge in [0.05, 0.1) is 0 Å². The van der Waals surface area contributed by atoms with E-state index in [-0.39, 0.29) is 0 Å². The van der Waals surface area contributed by atoms with E-state index in [1.54, 1.807) is 0 Å². The van der Waals surface area contributed by atoms with Crippen molar-refractivity contribution in [2.24, 2.45) is 0 Å². The molecule has 1 aliphatic heterocycles. The molecule has 3 atom stereocenters. The topological polar surface area (TPSA) is 12.0 Å². The molecule has 1 saturated heterocycles. The van der Waals surface area contributed by atoms with E-state index in [0.717, 1.165) is 16.8 Å². The molecule has 106 valence electrons. The van der Waals surface area contributed by atoms with E-state index >= 15 is 0 Å². The second kappa shape index (κ2) is 7.82. The second-order valence-corrected chi connectivity index (χ2v) is 7.81. The average molecular weight is 316 g/mol. The predicted octanol–water partition coefficient (Wildman–Crippen LogP) is 4.62. The Balaban J connectivity index is 2.23. The molecule has 1 fully saturated rings. The molecule has 0 aromatic heterocycles. The average Bonchev–Trinajstić information content (AvgIpc) is 2.45. The van der Waals surface area contributed by atoms with Crippen molar-refractivity contribution >= 4 is 35.1 Å². The molecular formula is C15H22ClNS2. The van der Waals surface area contributed by atoms with Crippen LogP contribution in [-0.4, -0.2) is 28.6 Å². The van der Waals surface area contributed by atoms with Crippen molar-refractivity contribution in [2.45, 2.75) is 36.8 Å². The zero-order chi connectivity index (χ0) is 13.7. The highest BCUT2D eigenvalue weighted by atomic mass is 35.5. The molecule has 0 aliphatic carbocycles. The van der Waals surface area contributed by atoms with Gasteiger partial charge in [-0.3, -0.25) is 0 Å². The van der Waals surface area contributed by atoms with Gasteiger partial charge in [-0.25, -0.2) is 0 Å². The van der Waals surface area contributed by atoms with Crippen LogP contribution in [0.5, 0.6) is 0 Å². The first-order valence-electron chi connectivity index (χ1n) is 6.98. The lowest BCUT2D eigenvalue weighted by Gasteiger charge is -2.36. The molecular weight excluding hydrogens is 294 g/mol. The molecule has 4 heteroatoms. The fraction of sp³-hybridized carbons (Fsp3) is 0.600. The third-order valence-electron chi connectivity index (χ3n) is 3.45. The van der Waals surface area contributed by atoms with Crippen molar-refractivity contribution in [1.29, 1.82) is 0 Å². The summed E-state index contributed by atoms with van der Waals surface area (Å²) in [6.45, 7) is 5.48. The first-order chi connectivity index (χ1) is 9.26. The van der Waals surface area contributed by atoms with E-state index in [2.05, 4.69) is 60.9 Å². The number of thioether (sulfide) groups is 2. The maximum atomic E-state index is 6.16. The van der Waals surface area contributed by atoms with Crippen LogP contribution >= 0.6 is 35.1 Å². The molecule has 19 heavy (non-hydrogen) atoms. The third kappa shape index (κ3) is 4.07. The Bertz CT molecular complexity index is 399. The Morgan fingerprint density at radius 1 is 1.32 bits per heavy atom. The molecule has 3 unspecified atom stereocenters. The van der Waals surface area contributed by atoms with Gasteiger partial charge in [-0.1, -0.05) is 37.6 Å². The van der Waals surface area contributed by atoms with Gasteiger partial charge in [-0.2, -0.15) is 23.5 Å². The molecule has 1 aliphatic rings. The van der Waals surface area contributed by atoms with Gasteiger partial charge in [0.1, 0.15) is 0 Å². The quantitative estimate of drug-likeness (QED) is 0.851. The highest BCUT2D eigenvalue weighted by molar-refractivity contribution is 8.07. The van der Waals surface area contributed by atoms with Crippen LogP contribution in [0.4, 0.5) is 0 Å². The van der Waals surface area contributed by atoms with Gasteiger partial charge in [0.2, 0.25) is 0 Å². The van der Waals surface area contributed by atoms with Crippen molar-refractivity contribution in [2.75, 3.05) is 18.1 Å². The summed E-state index contributed by atoms with van der Waals surface area (Å²) in [6.07, 6.45) is 1.24. The van der Waals surface area contributed by atoms with Crippen molar-refractivity contribution < 1.29 is 0 Å². The SMILES string of the molecule is CCNC(c1cccc(Cl)c1)C1SCCSC1CC. The van der Waals surface area contributed by atoms with Gasteiger partial charge >= 0.3 is 0 Å². The summed E-state index contributed by atoms with van der Waals surface area (Å²) < 4.78 is 0. The minimum Gasteiger partial charge on any atom is -0.309 e. The summed E-state index contributed by atoms with van der Waals surface area (Å²) in [7, 11) is 0. The molecule has 0 saturated carbocycles. The molecule has 0 amide bonds. The van der Waals surface area contributed by atoms with Crippen LogP contribution in [0.1, 0.15) is 31.9 Å². The van der Waals surface area contributed by atoms with Crippen LogP contribution in [-0.2, 0) is 0 Å². The number of halogens is 1. The number of hydrogen-bond donors (Lipinski definition) is 1. The molecule has 2 rings (SSSR count). The number of nitrogens with one attached hydrogen (secondary N) is 1. The molecule has 0 spiro atoms. The fourth-order valence-corrected chi connectivity index (χ4v) is 6.04. The lowest BCUT2D eigenvalue weighted by molar-refractivity contribution is 0.513. The normalized spacial score (nSPS) is 25.2. The van der Waals surface area contributed by atoms with Gasteiger partial charge in [0, 0.05) is 33.1 Å². The van der Waals surface area contributed by atoms with Crippen molar-refractivity contribution in [3.8, 4) is 0 Å². The molecule has 0 radical (unpaired) electrons. The van der Waals surface area contributed by atoms with Gasteiger partial charge in [0.15, 0.2) is 0 Å². The molecule has 1 aromatic carbocycles. The van der Waals surface area contributed by atoms with Crippen molar-refractivity contribution in [3.05, 3.63) is 34.9 Å². The Kier molecular flexibility index (Phi) is 6.40. The van der Waals surface area contributed by atoms with Crippen LogP contribution < -0.4 is 5.32 Å². The van der Waals surface area contributed by atoms with E-state index in [0.29, 0.717) is 11.3 Å². The predicted molar refractivity (Wildman–Crippen MR) is 90.7 cm³/mol. The lowest BCUT2D eigenvalue weighted by atomic mass is 10.00. The summed E-state index contributed by atoms with van der Waals surface area (Å²) in [4.78, 5) is 0. The Morgan fingerprint density at radius 2 is 2.11 bits per heavy atom. The smallest absolute Gasteiger partial charge is 0.0451 e. The van der Waals surface area contributed by atoms with Gasteiger partial charge < -0.3 is 5.32 Å². The Labute approximate surface area is 130 Å². The van der Waals surface area contributed by atoms with E-state index < -0.39 is 0 Å². The number of rotatable bonds is 5. The number of hydrogen-bond acceptors (Lipinski definition) is 3. The summed E-state index contributed by atoms with van der Waals surface area (Å²) in [6, 6.07) is 8.73. The molecule has 1 aromatic rings. The van der Waals surface area contributed by atoms with Gasteiger partial charge in [0.25, 0.3) is 0 Å². The molecule has 1 N–H and O–H groups in total. The molecule has 0 bridgehead atoms. The Morgan fingerprint density at radius 3 is 2.79 bits per heavy atom. The van der Waals surface area contributed by atoms with Crippen LogP contribution in [0.2, 0.25) is 5.02 Å². The zero-order valence-corrected chi connectivity index (χ0v) is 14.0. The minimum atomic E-state index is 0.409. The van der Waals surface area contributed by atoms with E-state index in [9.17, 15) is 0 Å². The first kappa shape index (κ1) is 15.6. The van der Waals surface area contributed by atoms with E-state index in [4.69, 9.17) is 11.6 Å². The monoisotopic (exact) mass is 315 g/mol. The highest BCUT2D eigenvalue weighted by Gasteiger charge is 2.32. The fourth-order valence-electron chi connectivity index (χ4n) is 2.59. The summed E-state index contributed by atoms with van der Waals surface area (Å²) >= 11 is 10.4. The number of benzene rings is 1. The van der Waals surface area contributed by atoms with E-state index in [1.807, 2.05) is 6.07 Å². The minimum absolute atomic E-state index is 0.409. The second-order valence-electron chi connectivity index (χ2n) is 4.74.